The lowest BCUT2D eigenvalue weighted by molar-refractivity contribution is -0.142. The summed E-state index contributed by atoms with van der Waals surface area (Å²) in [5, 5.41) is 3.62. The molecule has 5 nitrogen and oxygen atoms in total. The van der Waals surface area contributed by atoms with E-state index in [1.807, 2.05) is 61.7 Å². The molecule has 0 saturated carbocycles. The highest BCUT2D eigenvalue weighted by molar-refractivity contribution is 7.13. The zero-order valence-electron chi connectivity index (χ0n) is 17.7. The van der Waals surface area contributed by atoms with Crippen LogP contribution >= 0.6 is 22.9 Å². The number of carbonyl (C=O) groups is 1. The molecule has 31 heavy (non-hydrogen) atoms. The number of hydrogen-bond acceptors (Lipinski definition) is 6. The van der Waals surface area contributed by atoms with Gasteiger partial charge in [0.2, 0.25) is 5.76 Å². The van der Waals surface area contributed by atoms with Crippen LogP contribution in [0.2, 0.25) is 5.02 Å². The number of nitrogens with zero attached hydrogens (tertiary/aromatic N) is 1. The fraction of sp³-hybridized carbons (Fsp3) is 0.250. The van der Waals surface area contributed by atoms with Gasteiger partial charge in [0.05, 0.1) is 18.9 Å². The van der Waals surface area contributed by atoms with Crippen molar-refractivity contribution in [2.45, 2.75) is 27.4 Å². The molecular weight excluding hydrogens is 434 g/mol. The summed E-state index contributed by atoms with van der Waals surface area (Å²) in [6.45, 7) is 6.59. The molecule has 1 aromatic heterocycles. The van der Waals surface area contributed by atoms with Crippen molar-refractivity contribution in [2.75, 3.05) is 13.2 Å². The van der Waals surface area contributed by atoms with Gasteiger partial charge < -0.3 is 14.2 Å². The van der Waals surface area contributed by atoms with Gasteiger partial charge >= 0.3 is 5.97 Å². The van der Waals surface area contributed by atoms with Crippen molar-refractivity contribution >= 4 is 35.0 Å². The molecule has 0 bridgehead atoms. The second kappa shape index (κ2) is 11.0. The normalized spacial score (nSPS) is 11.3. The SMILES string of the molecule is CCOC(=O)C(=Cc1ccc(OCc2csc(-c3ccc(Cl)cc3)n2)cc1C)OCC. The molecule has 0 spiro atoms. The summed E-state index contributed by atoms with van der Waals surface area (Å²) in [5.41, 5.74) is 3.71. The number of carbonyl (C=O) groups excluding carboxylic acids is 1. The van der Waals surface area contributed by atoms with Crippen LogP contribution in [-0.2, 0) is 20.9 Å². The van der Waals surface area contributed by atoms with E-state index in [1.54, 1.807) is 24.3 Å². The van der Waals surface area contributed by atoms with Crippen LogP contribution < -0.4 is 4.74 Å². The maximum Gasteiger partial charge on any atom is 0.373 e. The summed E-state index contributed by atoms with van der Waals surface area (Å²) >= 11 is 7.52. The Morgan fingerprint density at radius 2 is 1.84 bits per heavy atom. The fourth-order valence-corrected chi connectivity index (χ4v) is 3.75. The highest BCUT2D eigenvalue weighted by atomic mass is 35.5. The van der Waals surface area contributed by atoms with Gasteiger partial charge in [0.25, 0.3) is 0 Å². The molecule has 3 aromatic rings. The van der Waals surface area contributed by atoms with E-state index in [2.05, 4.69) is 4.98 Å². The van der Waals surface area contributed by atoms with Crippen molar-refractivity contribution in [1.82, 2.24) is 4.98 Å². The fourth-order valence-electron chi connectivity index (χ4n) is 2.81. The van der Waals surface area contributed by atoms with E-state index in [0.717, 1.165) is 33.1 Å². The third-order valence-corrected chi connectivity index (χ3v) is 5.53. The standard InChI is InChI=1S/C24H24ClNO4S/c1-4-28-22(24(27)29-5-2)13-18-8-11-21(12-16(18)3)30-14-20-15-31-23(26-20)17-6-9-19(25)10-7-17/h6-13,15H,4-5,14H2,1-3H3. The molecule has 0 aliphatic heterocycles. The second-order valence-corrected chi connectivity index (χ2v) is 7.91. The van der Waals surface area contributed by atoms with E-state index >= 15 is 0 Å². The van der Waals surface area contributed by atoms with Crippen LogP contribution in [0.5, 0.6) is 5.75 Å². The lowest BCUT2D eigenvalue weighted by atomic mass is 10.1. The summed E-state index contributed by atoms with van der Waals surface area (Å²) in [4.78, 5) is 16.7. The Bertz CT molecular complexity index is 1060. The van der Waals surface area contributed by atoms with Crippen molar-refractivity contribution in [3.63, 3.8) is 0 Å². The van der Waals surface area contributed by atoms with Crippen molar-refractivity contribution < 1.29 is 19.0 Å². The molecule has 0 atom stereocenters. The summed E-state index contributed by atoms with van der Waals surface area (Å²) in [7, 11) is 0. The van der Waals surface area contributed by atoms with Gasteiger partial charge in [-0.05, 0) is 62.2 Å². The average Bonchev–Trinajstić information content (AvgIpc) is 3.23. The van der Waals surface area contributed by atoms with Crippen molar-refractivity contribution in [1.29, 1.82) is 0 Å². The van der Waals surface area contributed by atoms with Crippen molar-refractivity contribution in [3.05, 3.63) is 75.4 Å². The van der Waals surface area contributed by atoms with Crippen LogP contribution in [-0.4, -0.2) is 24.2 Å². The molecule has 0 radical (unpaired) electrons. The van der Waals surface area contributed by atoms with E-state index < -0.39 is 5.97 Å². The van der Waals surface area contributed by atoms with Crippen LogP contribution in [0.25, 0.3) is 16.6 Å². The Hall–Kier alpha value is -2.83. The third kappa shape index (κ3) is 6.32. The van der Waals surface area contributed by atoms with E-state index in [1.165, 1.54) is 0 Å². The Balaban J connectivity index is 1.67. The van der Waals surface area contributed by atoms with Gasteiger partial charge in [-0.2, -0.15) is 0 Å². The van der Waals surface area contributed by atoms with Crippen LogP contribution in [0.4, 0.5) is 0 Å². The molecule has 0 fully saturated rings. The highest BCUT2D eigenvalue weighted by Crippen LogP contribution is 2.26. The van der Waals surface area contributed by atoms with E-state index in [-0.39, 0.29) is 5.76 Å². The summed E-state index contributed by atoms with van der Waals surface area (Å²) in [6.07, 6.45) is 1.69. The number of halogens is 1. The second-order valence-electron chi connectivity index (χ2n) is 6.62. The molecule has 0 aliphatic carbocycles. The van der Waals surface area contributed by atoms with Crippen LogP contribution in [0.1, 0.15) is 30.7 Å². The average molecular weight is 458 g/mol. The lowest BCUT2D eigenvalue weighted by Gasteiger charge is -2.10. The number of aryl methyl sites for hydroxylation is 1. The Kier molecular flexibility index (Phi) is 8.09. The minimum Gasteiger partial charge on any atom is -0.487 e. The molecule has 162 valence electrons. The molecule has 0 N–H and O–H groups in total. The highest BCUT2D eigenvalue weighted by Gasteiger charge is 2.13. The van der Waals surface area contributed by atoms with Crippen molar-refractivity contribution in [3.8, 4) is 16.3 Å². The van der Waals surface area contributed by atoms with Crippen LogP contribution in [0, 0.1) is 6.92 Å². The third-order valence-electron chi connectivity index (χ3n) is 4.33. The van der Waals surface area contributed by atoms with Crippen LogP contribution in [0.15, 0.2) is 53.6 Å². The van der Waals surface area contributed by atoms with Gasteiger partial charge in [0, 0.05) is 16.0 Å². The monoisotopic (exact) mass is 457 g/mol. The van der Waals surface area contributed by atoms with Gasteiger partial charge in [-0.3, -0.25) is 0 Å². The molecular formula is C24H24ClNO4S. The van der Waals surface area contributed by atoms with E-state index in [9.17, 15) is 4.79 Å². The molecule has 7 heteroatoms. The summed E-state index contributed by atoms with van der Waals surface area (Å²) in [6, 6.07) is 13.3. The number of aromatic nitrogens is 1. The first-order chi connectivity index (χ1) is 15.0. The number of thiazole rings is 1. The van der Waals surface area contributed by atoms with Crippen molar-refractivity contribution in [2.24, 2.45) is 0 Å². The van der Waals surface area contributed by atoms with Gasteiger partial charge in [-0.1, -0.05) is 29.8 Å². The predicted octanol–water partition coefficient (Wildman–Crippen LogP) is 6.29. The molecule has 1 heterocycles. The molecule has 0 amide bonds. The molecule has 0 saturated heterocycles. The van der Waals surface area contributed by atoms with Gasteiger partial charge in [-0.25, -0.2) is 9.78 Å². The summed E-state index contributed by atoms with van der Waals surface area (Å²) in [5.74, 6) is 0.451. The molecule has 3 rings (SSSR count). The Labute approximate surface area is 191 Å². The molecule has 0 aliphatic rings. The van der Waals surface area contributed by atoms with Crippen LogP contribution in [0.3, 0.4) is 0 Å². The first-order valence-electron chi connectivity index (χ1n) is 9.95. The number of benzene rings is 2. The minimum absolute atomic E-state index is 0.193. The predicted molar refractivity (Wildman–Crippen MR) is 124 cm³/mol. The molecule has 2 aromatic carbocycles. The Morgan fingerprint density at radius 1 is 1.10 bits per heavy atom. The lowest BCUT2D eigenvalue weighted by Crippen LogP contribution is -2.10. The zero-order chi connectivity index (χ0) is 22.2. The topological polar surface area (TPSA) is 57.7 Å². The smallest absolute Gasteiger partial charge is 0.373 e. The first-order valence-corrected chi connectivity index (χ1v) is 11.2. The van der Waals surface area contributed by atoms with E-state index in [4.69, 9.17) is 25.8 Å². The minimum atomic E-state index is -0.468. The zero-order valence-corrected chi connectivity index (χ0v) is 19.3. The number of esters is 1. The quantitative estimate of drug-likeness (QED) is 0.214. The van der Waals surface area contributed by atoms with Gasteiger partial charge in [0.1, 0.15) is 17.4 Å². The Morgan fingerprint density at radius 3 is 2.52 bits per heavy atom. The number of ether oxygens (including phenoxy) is 3. The first kappa shape index (κ1) is 22.8. The summed E-state index contributed by atoms with van der Waals surface area (Å²) < 4.78 is 16.4. The maximum absolute atomic E-state index is 12.0. The molecule has 0 unspecified atom stereocenters. The van der Waals surface area contributed by atoms with Gasteiger partial charge in [-0.15, -0.1) is 11.3 Å². The number of hydrogen-bond donors (Lipinski definition) is 0. The van der Waals surface area contributed by atoms with Gasteiger partial charge in [0.15, 0.2) is 0 Å². The largest absolute Gasteiger partial charge is 0.487 e. The number of rotatable bonds is 9. The van der Waals surface area contributed by atoms with E-state index in [0.29, 0.717) is 24.8 Å². The maximum atomic E-state index is 12.0.